The number of rotatable bonds is 6. The van der Waals surface area contributed by atoms with Crippen molar-refractivity contribution in [3.63, 3.8) is 0 Å². The molecule has 154 valence electrons. The highest BCUT2D eigenvalue weighted by Crippen LogP contribution is 2.20. The second-order valence-corrected chi connectivity index (χ2v) is 7.91. The van der Waals surface area contributed by atoms with Gasteiger partial charge in [-0.3, -0.25) is 9.89 Å². The predicted molar refractivity (Wildman–Crippen MR) is 129 cm³/mol. The zero-order valence-electron chi connectivity index (χ0n) is 16.5. The Morgan fingerprint density at radius 3 is 2.68 bits per heavy atom. The lowest BCUT2D eigenvalue weighted by Gasteiger charge is -2.38. The Hall–Kier alpha value is -1.06. The molecule has 2 N–H and O–H groups in total. The van der Waals surface area contributed by atoms with Crippen LogP contribution in [0.25, 0.3) is 0 Å². The summed E-state index contributed by atoms with van der Waals surface area (Å²) in [4.78, 5) is 6.94. The number of nitrogens with zero attached hydrogens (tertiary/aromatic N) is 2. The van der Waals surface area contributed by atoms with Crippen LogP contribution in [0.4, 0.5) is 0 Å². The molecule has 1 aliphatic rings. The molecule has 28 heavy (non-hydrogen) atoms. The molecule has 1 fully saturated rings. The fourth-order valence-corrected chi connectivity index (χ4v) is 3.92. The van der Waals surface area contributed by atoms with Crippen LogP contribution in [0.15, 0.2) is 56.5 Å². The Morgan fingerprint density at radius 1 is 1.25 bits per heavy atom. The van der Waals surface area contributed by atoms with Crippen LogP contribution in [-0.4, -0.2) is 43.1 Å². The van der Waals surface area contributed by atoms with Crippen LogP contribution >= 0.6 is 39.9 Å². The van der Waals surface area contributed by atoms with Crippen LogP contribution in [0, 0.1) is 0 Å². The van der Waals surface area contributed by atoms with Gasteiger partial charge in [0.1, 0.15) is 5.76 Å². The molecule has 1 aliphatic heterocycles. The van der Waals surface area contributed by atoms with Crippen LogP contribution in [0.1, 0.15) is 31.1 Å². The minimum absolute atomic E-state index is 0. The van der Waals surface area contributed by atoms with E-state index in [9.17, 15) is 0 Å². The second-order valence-electron chi connectivity index (χ2n) is 7.13. The summed E-state index contributed by atoms with van der Waals surface area (Å²) in [5.74, 6) is 1.84. The van der Waals surface area contributed by atoms with Crippen molar-refractivity contribution < 1.29 is 4.42 Å². The van der Waals surface area contributed by atoms with Gasteiger partial charge in [-0.2, -0.15) is 0 Å². The van der Waals surface area contributed by atoms with Gasteiger partial charge in [0.15, 0.2) is 10.6 Å². The van der Waals surface area contributed by atoms with Gasteiger partial charge >= 0.3 is 0 Å². The molecule has 5 nitrogen and oxygen atoms in total. The van der Waals surface area contributed by atoms with E-state index in [0.29, 0.717) is 12.1 Å². The fraction of sp³-hybridized carbons (Fsp3) is 0.476. The molecule has 7 heteroatoms. The highest BCUT2D eigenvalue weighted by molar-refractivity contribution is 14.0. The monoisotopic (exact) mass is 560 g/mol. The molecule has 2 unspecified atom stereocenters. The first kappa shape index (κ1) is 23.2. The SMILES string of the molecule is CN=C(NCCc1ccc(Br)o1)NC1CCN(Cc2ccccc2)C(C)C1.I. The molecule has 1 saturated heterocycles. The minimum Gasteiger partial charge on any atom is -0.454 e. The molecule has 2 aromatic rings. The van der Waals surface area contributed by atoms with Crippen LogP contribution < -0.4 is 10.6 Å². The number of aliphatic imine (C=N–C) groups is 1. The number of likely N-dealkylation sites (tertiary alicyclic amines) is 1. The number of hydrogen-bond acceptors (Lipinski definition) is 3. The number of guanidine groups is 1. The lowest BCUT2D eigenvalue weighted by atomic mass is 9.97. The molecular formula is C21H30BrIN4O. The van der Waals surface area contributed by atoms with Gasteiger partial charge in [-0.25, -0.2) is 0 Å². The molecular weight excluding hydrogens is 531 g/mol. The third-order valence-electron chi connectivity index (χ3n) is 5.10. The molecule has 0 aliphatic carbocycles. The smallest absolute Gasteiger partial charge is 0.191 e. The second kappa shape index (κ2) is 11.8. The first-order valence-electron chi connectivity index (χ1n) is 9.63. The largest absolute Gasteiger partial charge is 0.454 e. The Balaban J connectivity index is 0.00000280. The van der Waals surface area contributed by atoms with Gasteiger partial charge in [0.05, 0.1) is 0 Å². The van der Waals surface area contributed by atoms with Crippen LogP contribution in [0.3, 0.4) is 0 Å². The number of nitrogens with one attached hydrogen (secondary N) is 2. The van der Waals surface area contributed by atoms with Crippen molar-refractivity contribution in [3.8, 4) is 0 Å². The van der Waals surface area contributed by atoms with Crippen molar-refractivity contribution in [3.05, 3.63) is 58.5 Å². The summed E-state index contributed by atoms with van der Waals surface area (Å²) in [6.07, 6.45) is 3.08. The average Bonchev–Trinajstić information content (AvgIpc) is 3.09. The first-order chi connectivity index (χ1) is 13.1. The topological polar surface area (TPSA) is 52.8 Å². The van der Waals surface area contributed by atoms with Crippen molar-refractivity contribution in [2.45, 2.75) is 44.8 Å². The molecule has 2 heterocycles. The van der Waals surface area contributed by atoms with E-state index in [1.54, 1.807) is 0 Å². The summed E-state index contributed by atoms with van der Waals surface area (Å²) >= 11 is 3.34. The Bertz CT molecular complexity index is 737. The van der Waals surface area contributed by atoms with E-state index in [-0.39, 0.29) is 24.0 Å². The van der Waals surface area contributed by atoms with Crippen LogP contribution in [-0.2, 0) is 13.0 Å². The molecule has 0 spiro atoms. The lowest BCUT2D eigenvalue weighted by molar-refractivity contribution is 0.134. The van der Waals surface area contributed by atoms with E-state index in [4.69, 9.17) is 4.42 Å². The van der Waals surface area contributed by atoms with Gasteiger partial charge in [0.2, 0.25) is 0 Å². The molecule has 2 atom stereocenters. The fourth-order valence-electron chi connectivity index (χ4n) is 3.58. The third-order valence-corrected chi connectivity index (χ3v) is 5.53. The molecule has 3 rings (SSSR count). The van der Waals surface area contributed by atoms with Crippen LogP contribution in [0.2, 0.25) is 0 Å². The summed E-state index contributed by atoms with van der Waals surface area (Å²) in [6.45, 7) is 5.25. The quantitative estimate of drug-likeness (QED) is 0.312. The van der Waals surface area contributed by atoms with Gasteiger partial charge in [0.25, 0.3) is 0 Å². The minimum atomic E-state index is 0. The normalized spacial score (nSPS) is 20.5. The molecule has 0 saturated carbocycles. The van der Waals surface area contributed by atoms with E-state index in [2.05, 4.69) is 73.7 Å². The standard InChI is InChI=1S/C21H29BrN4O.HI/c1-16-14-18(11-13-26(16)15-17-6-4-3-5-7-17)25-21(23-2)24-12-10-19-8-9-20(22)27-19;/h3-9,16,18H,10-15H2,1-2H3,(H2,23,24,25);1H. The molecule has 1 aromatic heterocycles. The number of furan rings is 1. The molecule has 0 amide bonds. The molecule has 0 radical (unpaired) electrons. The molecule has 1 aromatic carbocycles. The number of hydrogen-bond donors (Lipinski definition) is 2. The first-order valence-corrected chi connectivity index (χ1v) is 10.4. The summed E-state index contributed by atoms with van der Waals surface area (Å²) in [7, 11) is 1.83. The molecule has 0 bridgehead atoms. The maximum absolute atomic E-state index is 5.53. The Morgan fingerprint density at radius 2 is 2.04 bits per heavy atom. The number of benzene rings is 1. The Labute approximate surface area is 193 Å². The van der Waals surface area contributed by atoms with Crippen molar-refractivity contribution in [1.29, 1.82) is 0 Å². The van der Waals surface area contributed by atoms with Crippen molar-refractivity contribution in [2.24, 2.45) is 4.99 Å². The van der Waals surface area contributed by atoms with Gasteiger partial charge < -0.3 is 15.1 Å². The maximum Gasteiger partial charge on any atom is 0.191 e. The number of piperidine rings is 1. The van der Waals surface area contributed by atoms with Gasteiger partial charge in [-0.05, 0) is 53.4 Å². The van der Waals surface area contributed by atoms with Gasteiger partial charge in [0, 0.05) is 45.2 Å². The zero-order valence-corrected chi connectivity index (χ0v) is 20.4. The third kappa shape index (κ3) is 7.08. The van der Waals surface area contributed by atoms with E-state index < -0.39 is 0 Å². The predicted octanol–water partition coefficient (Wildman–Crippen LogP) is 4.42. The van der Waals surface area contributed by atoms with Gasteiger partial charge in [-0.15, -0.1) is 24.0 Å². The van der Waals surface area contributed by atoms with Crippen molar-refractivity contribution in [1.82, 2.24) is 15.5 Å². The summed E-state index contributed by atoms with van der Waals surface area (Å²) in [5, 5.41) is 6.97. The lowest BCUT2D eigenvalue weighted by Crippen LogP contribution is -2.51. The zero-order chi connectivity index (χ0) is 19.1. The highest BCUT2D eigenvalue weighted by atomic mass is 127. The van der Waals surface area contributed by atoms with E-state index in [1.165, 1.54) is 5.56 Å². The highest BCUT2D eigenvalue weighted by Gasteiger charge is 2.25. The number of halogens is 2. The van der Waals surface area contributed by atoms with E-state index >= 15 is 0 Å². The summed E-state index contributed by atoms with van der Waals surface area (Å²) in [5.41, 5.74) is 1.39. The summed E-state index contributed by atoms with van der Waals surface area (Å²) in [6, 6.07) is 15.6. The average molecular weight is 561 g/mol. The van der Waals surface area contributed by atoms with Crippen molar-refractivity contribution in [2.75, 3.05) is 20.1 Å². The van der Waals surface area contributed by atoms with Crippen molar-refractivity contribution >= 4 is 45.9 Å². The van der Waals surface area contributed by atoms with Crippen LogP contribution in [0.5, 0.6) is 0 Å². The maximum atomic E-state index is 5.53. The summed E-state index contributed by atoms with van der Waals surface area (Å²) < 4.78 is 6.31. The van der Waals surface area contributed by atoms with E-state index in [1.807, 2.05) is 19.2 Å². The van der Waals surface area contributed by atoms with E-state index in [0.717, 1.165) is 55.3 Å². The Kier molecular flexibility index (Phi) is 9.81. The van der Waals surface area contributed by atoms with Gasteiger partial charge in [-0.1, -0.05) is 30.3 Å².